The predicted octanol–water partition coefficient (Wildman–Crippen LogP) is 10.9. The largest absolute Gasteiger partial charge is 0.0776 e. The van der Waals surface area contributed by atoms with Gasteiger partial charge >= 0.3 is 0 Å². The van der Waals surface area contributed by atoms with Crippen molar-refractivity contribution >= 4 is 0 Å². The van der Waals surface area contributed by atoms with Crippen LogP contribution in [0.4, 0.5) is 0 Å². The Labute approximate surface area is 224 Å². The Morgan fingerprint density at radius 2 is 0.722 bits per heavy atom. The van der Waals surface area contributed by atoms with Crippen LogP contribution in [-0.2, 0) is 25.7 Å². The molecule has 0 aliphatic rings. The molecule has 36 heavy (non-hydrogen) atoms. The van der Waals surface area contributed by atoms with Crippen LogP contribution in [0.2, 0.25) is 0 Å². The first-order chi connectivity index (χ1) is 16.5. The molecule has 0 nitrogen and oxygen atoms in total. The highest BCUT2D eigenvalue weighted by molar-refractivity contribution is 5.22. The molecule has 0 heterocycles. The SMILES string of the molecule is C.C.CCc1ccc(C)cc1.CCc1cccc(C)c1.CCc1ccccc1.CCc1ccccc1. The highest BCUT2D eigenvalue weighted by Gasteiger charge is 1.86. The topological polar surface area (TPSA) is 0 Å². The van der Waals surface area contributed by atoms with Gasteiger partial charge in [0, 0.05) is 0 Å². The van der Waals surface area contributed by atoms with E-state index in [-0.39, 0.29) is 14.9 Å². The molecule has 0 N–H and O–H groups in total. The van der Waals surface area contributed by atoms with Gasteiger partial charge in [0.2, 0.25) is 0 Å². The predicted molar refractivity (Wildman–Crippen MR) is 166 cm³/mol. The van der Waals surface area contributed by atoms with Crippen molar-refractivity contribution in [2.24, 2.45) is 0 Å². The maximum atomic E-state index is 2.22. The molecule has 4 aromatic carbocycles. The lowest BCUT2D eigenvalue weighted by molar-refractivity contribution is 1.13. The van der Waals surface area contributed by atoms with E-state index in [1.165, 1.54) is 33.4 Å². The third-order valence-electron chi connectivity index (χ3n) is 5.52. The van der Waals surface area contributed by atoms with Crippen LogP contribution < -0.4 is 0 Å². The van der Waals surface area contributed by atoms with Gasteiger partial charge in [-0.3, -0.25) is 0 Å². The van der Waals surface area contributed by atoms with E-state index in [0.717, 1.165) is 25.7 Å². The van der Waals surface area contributed by atoms with Crippen molar-refractivity contribution in [3.8, 4) is 0 Å². The summed E-state index contributed by atoms with van der Waals surface area (Å²) in [4.78, 5) is 0. The molecule has 0 unspecified atom stereocenters. The summed E-state index contributed by atoms with van der Waals surface area (Å²) in [5.74, 6) is 0. The first-order valence-electron chi connectivity index (χ1n) is 12.7. The van der Waals surface area contributed by atoms with Crippen LogP contribution in [0, 0.1) is 13.8 Å². The Morgan fingerprint density at radius 3 is 1.03 bits per heavy atom. The minimum Gasteiger partial charge on any atom is -0.0776 e. The highest BCUT2D eigenvalue weighted by atomic mass is 13.9. The molecule has 0 aliphatic carbocycles. The van der Waals surface area contributed by atoms with Gasteiger partial charge in [0.05, 0.1) is 0 Å². The van der Waals surface area contributed by atoms with Crippen molar-refractivity contribution < 1.29 is 0 Å². The zero-order chi connectivity index (χ0) is 25.0. The molecule has 0 fully saturated rings. The quantitative estimate of drug-likeness (QED) is 0.270. The average Bonchev–Trinajstić information content (AvgIpc) is 2.91. The Hall–Kier alpha value is -3.12. The van der Waals surface area contributed by atoms with Crippen molar-refractivity contribution in [3.63, 3.8) is 0 Å². The van der Waals surface area contributed by atoms with Gasteiger partial charge in [-0.25, -0.2) is 0 Å². The molecule has 0 radical (unpaired) electrons. The minimum atomic E-state index is 0. The van der Waals surface area contributed by atoms with Crippen molar-refractivity contribution in [1.29, 1.82) is 0 Å². The molecule has 0 atom stereocenters. The summed E-state index contributed by atoms with van der Waals surface area (Å²) in [6.45, 7) is 12.9. The smallest absolute Gasteiger partial charge is 0.0307 e. The van der Waals surface area contributed by atoms with Gasteiger partial charge in [-0.2, -0.15) is 0 Å². The number of benzene rings is 4. The van der Waals surface area contributed by atoms with Gasteiger partial charge in [-0.1, -0.05) is 163 Å². The van der Waals surface area contributed by atoms with Gasteiger partial charge in [0.25, 0.3) is 0 Å². The summed E-state index contributed by atoms with van der Waals surface area (Å²) in [5, 5.41) is 0. The van der Waals surface area contributed by atoms with Gasteiger partial charge in [0.1, 0.15) is 0 Å². The first kappa shape index (κ1) is 35.0. The second-order valence-corrected chi connectivity index (χ2v) is 8.36. The fraction of sp³-hybridized carbons (Fsp3) is 0.333. The summed E-state index contributed by atoms with van der Waals surface area (Å²) in [6, 6.07) is 38.2. The second kappa shape index (κ2) is 22.4. The lowest BCUT2D eigenvalue weighted by Crippen LogP contribution is -1.78. The summed E-state index contributed by atoms with van der Waals surface area (Å²) >= 11 is 0. The number of hydrogen-bond donors (Lipinski definition) is 0. The lowest BCUT2D eigenvalue weighted by Gasteiger charge is -1.95. The molecule has 0 saturated carbocycles. The zero-order valence-electron chi connectivity index (χ0n) is 22.2. The fourth-order valence-corrected chi connectivity index (χ4v) is 3.18. The minimum absolute atomic E-state index is 0. The maximum Gasteiger partial charge on any atom is -0.0307 e. The van der Waals surface area contributed by atoms with E-state index in [1.807, 2.05) is 12.1 Å². The van der Waals surface area contributed by atoms with E-state index in [2.05, 4.69) is 139 Å². The van der Waals surface area contributed by atoms with Gasteiger partial charge < -0.3 is 0 Å². The van der Waals surface area contributed by atoms with E-state index in [0.29, 0.717) is 0 Å². The van der Waals surface area contributed by atoms with Crippen LogP contribution >= 0.6 is 0 Å². The summed E-state index contributed by atoms with van der Waals surface area (Å²) in [7, 11) is 0. The second-order valence-electron chi connectivity index (χ2n) is 8.36. The van der Waals surface area contributed by atoms with Crippen LogP contribution in [-0.4, -0.2) is 0 Å². The highest BCUT2D eigenvalue weighted by Crippen LogP contribution is 2.03. The van der Waals surface area contributed by atoms with Crippen LogP contribution in [0.5, 0.6) is 0 Å². The molecule has 4 aromatic rings. The number of rotatable bonds is 4. The zero-order valence-corrected chi connectivity index (χ0v) is 22.2. The fourth-order valence-electron chi connectivity index (χ4n) is 3.18. The Morgan fingerprint density at radius 1 is 0.361 bits per heavy atom. The molecule has 0 aliphatic heterocycles. The van der Waals surface area contributed by atoms with Crippen molar-refractivity contribution in [1.82, 2.24) is 0 Å². The summed E-state index contributed by atoms with van der Waals surface area (Å²) < 4.78 is 0. The van der Waals surface area contributed by atoms with Gasteiger partial charge in [0.15, 0.2) is 0 Å². The molecule has 0 heteroatoms. The molecular weight excluding hydrogens is 432 g/mol. The van der Waals surface area contributed by atoms with Crippen molar-refractivity contribution in [3.05, 3.63) is 143 Å². The van der Waals surface area contributed by atoms with E-state index in [9.17, 15) is 0 Å². The Bertz CT molecular complexity index is 943. The van der Waals surface area contributed by atoms with E-state index in [1.54, 1.807) is 0 Å². The molecule has 0 aromatic heterocycles. The normalized spacial score (nSPS) is 8.83. The van der Waals surface area contributed by atoms with Crippen LogP contribution in [0.3, 0.4) is 0 Å². The molecular formula is C36H52. The first-order valence-corrected chi connectivity index (χ1v) is 12.7. The summed E-state index contributed by atoms with van der Waals surface area (Å²) in [6.07, 6.45) is 4.56. The Balaban J connectivity index is 0. The molecule has 196 valence electrons. The van der Waals surface area contributed by atoms with Crippen LogP contribution in [0.15, 0.2) is 109 Å². The van der Waals surface area contributed by atoms with Crippen molar-refractivity contribution in [2.75, 3.05) is 0 Å². The Kier molecular flexibility index (Phi) is 21.8. The average molecular weight is 485 g/mol. The van der Waals surface area contributed by atoms with Gasteiger partial charge in [-0.05, 0) is 61.8 Å². The van der Waals surface area contributed by atoms with Crippen molar-refractivity contribution in [2.45, 2.75) is 82.1 Å². The maximum absolute atomic E-state index is 2.22. The molecule has 0 spiro atoms. The molecule has 4 rings (SSSR count). The number of aryl methyl sites for hydroxylation is 6. The van der Waals surface area contributed by atoms with Gasteiger partial charge in [-0.15, -0.1) is 0 Å². The molecule has 0 amide bonds. The van der Waals surface area contributed by atoms with Crippen LogP contribution in [0.25, 0.3) is 0 Å². The van der Waals surface area contributed by atoms with E-state index in [4.69, 9.17) is 0 Å². The third-order valence-corrected chi connectivity index (χ3v) is 5.52. The standard InChI is InChI=1S/2C9H12.2C8H10.2CH4/c1-3-9-6-4-8(2)5-7-9;1-3-9-6-4-5-8(2)7-9;2*1-2-8-6-4-3-5-7-8;;/h2*4-7H,3H2,1-2H3;2*3-7H,2H2,1H3;2*1H4. The summed E-state index contributed by atoms with van der Waals surface area (Å²) in [5.41, 5.74) is 8.36. The third kappa shape index (κ3) is 16.5. The molecule has 0 bridgehead atoms. The number of hydrogen-bond acceptors (Lipinski definition) is 0. The molecule has 0 saturated heterocycles. The lowest BCUT2D eigenvalue weighted by atomic mass is 10.1. The van der Waals surface area contributed by atoms with E-state index < -0.39 is 0 Å². The monoisotopic (exact) mass is 484 g/mol. The van der Waals surface area contributed by atoms with E-state index >= 15 is 0 Å². The van der Waals surface area contributed by atoms with Crippen LogP contribution in [0.1, 0.15) is 75.9 Å².